The Labute approximate surface area is 115 Å². The van der Waals surface area contributed by atoms with Crippen molar-refractivity contribution < 1.29 is 13.2 Å². The fourth-order valence-corrected chi connectivity index (χ4v) is 1.36. The molecule has 0 saturated heterocycles. The topological polar surface area (TPSA) is 77.8 Å². The molecule has 3 N–H and O–H groups in total. The van der Waals surface area contributed by atoms with Crippen LogP contribution in [0.25, 0.3) is 0 Å². The molecule has 8 heteroatoms. The second-order valence-corrected chi connectivity index (χ2v) is 3.49. The van der Waals surface area contributed by atoms with Crippen molar-refractivity contribution in [2.24, 2.45) is 15.7 Å². The highest BCUT2D eigenvalue weighted by Crippen LogP contribution is 2.26. The molecule has 0 unspecified atom stereocenters. The Morgan fingerprint density at radius 1 is 1.60 bits per heavy atom. The molecule has 20 heavy (non-hydrogen) atoms. The second-order valence-electron chi connectivity index (χ2n) is 3.49. The lowest BCUT2D eigenvalue weighted by atomic mass is 10.2. The molecule has 0 fully saturated rings. The van der Waals surface area contributed by atoms with Gasteiger partial charge in [-0.15, -0.1) is 0 Å². The standard InChI is InChI=1S/C10H12F3N5.C2H6/c1-16-5-8(9(14)15)18-3-2-17-7(6-18)4-10(11,12)13;1-2/h2,5-6H,1,3-4H2,(H3,14,15);1-2H3/b8-5-;. The molecule has 1 rings (SSSR count). The van der Waals surface area contributed by atoms with Crippen molar-refractivity contribution in [2.75, 3.05) is 6.54 Å². The maximum absolute atomic E-state index is 12.2. The van der Waals surface area contributed by atoms with Crippen LogP contribution in [0.3, 0.4) is 0 Å². The van der Waals surface area contributed by atoms with Gasteiger partial charge in [-0.3, -0.25) is 15.4 Å². The summed E-state index contributed by atoms with van der Waals surface area (Å²) in [5.74, 6) is -0.305. The van der Waals surface area contributed by atoms with Gasteiger partial charge in [-0.2, -0.15) is 13.2 Å². The van der Waals surface area contributed by atoms with Gasteiger partial charge >= 0.3 is 6.18 Å². The summed E-state index contributed by atoms with van der Waals surface area (Å²) in [4.78, 5) is 8.48. The lowest BCUT2D eigenvalue weighted by Crippen LogP contribution is -2.30. The highest BCUT2D eigenvalue weighted by Gasteiger charge is 2.30. The molecule has 1 aliphatic rings. The average Bonchev–Trinajstić information content (AvgIpc) is 2.36. The van der Waals surface area contributed by atoms with Crippen LogP contribution in [0, 0.1) is 5.41 Å². The third-order valence-electron chi connectivity index (χ3n) is 2.02. The first-order valence-corrected chi connectivity index (χ1v) is 5.90. The monoisotopic (exact) mass is 289 g/mol. The second kappa shape index (κ2) is 8.13. The number of nitrogens with zero attached hydrogens (tertiary/aromatic N) is 3. The van der Waals surface area contributed by atoms with Gasteiger partial charge < -0.3 is 10.6 Å². The van der Waals surface area contributed by atoms with E-state index in [-0.39, 0.29) is 23.8 Å². The third-order valence-corrected chi connectivity index (χ3v) is 2.02. The van der Waals surface area contributed by atoms with E-state index in [0.29, 0.717) is 0 Å². The molecule has 0 aromatic carbocycles. The molecule has 0 aromatic rings. The summed E-state index contributed by atoms with van der Waals surface area (Å²) in [6.45, 7) is 7.44. The zero-order valence-electron chi connectivity index (χ0n) is 11.4. The fraction of sp³-hybridized carbons (Fsp3) is 0.417. The van der Waals surface area contributed by atoms with E-state index in [1.165, 1.54) is 23.5 Å². The van der Waals surface area contributed by atoms with Gasteiger partial charge in [-0.25, -0.2) is 0 Å². The maximum atomic E-state index is 12.2. The van der Waals surface area contributed by atoms with Gasteiger partial charge in [0.15, 0.2) is 0 Å². The number of halogens is 3. The first kappa shape index (κ1) is 17.9. The van der Waals surface area contributed by atoms with Gasteiger partial charge in [0.2, 0.25) is 0 Å². The molecule has 1 aliphatic heterocycles. The summed E-state index contributed by atoms with van der Waals surface area (Å²) in [5.41, 5.74) is 5.34. The van der Waals surface area contributed by atoms with Crippen LogP contribution < -0.4 is 5.73 Å². The number of hydrogen-bond acceptors (Lipinski definition) is 4. The summed E-state index contributed by atoms with van der Waals surface area (Å²) in [5, 5.41) is 7.32. The van der Waals surface area contributed by atoms with E-state index in [4.69, 9.17) is 11.1 Å². The Balaban J connectivity index is 0.00000172. The first-order valence-electron chi connectivity index (χ1n) is 5.90. The molecule has 0 aromatic heterocycles. The average molecular weight is 289 g/mol. The normalized spacial score (nSPS) is 15.2. The minimum absolute atomic E-state index is 0.148. The van der Waals surface area contributed by atoms with Crippen LogP contribution in [0.1, 0.15) is 20.3 Å². The summed E-state index contributed by atoms with van der Waals surface area (Å²) in [6.07, 6.45) is -1.73. The Morgan fingerprint density at radius 2 is 2.20 bits per heavy atom. The quantitative estimate of drug-likeness (QED) is 0.616. The SMILES string of the molecule is C=N/C=C(/C(=N)N)N1C=C(CC(F)(F)F)N=CC1.CC. The summed E-state index contributed by atoms with van der Waals surface area (Å²) < 4.78 is 36.7. The number of aliphatic imine (C=N–C) groups is 2. The predicted molar refractivity (Wildman–Crippen MR) is 74.8 cm³/mol. The molecule has 112 valence electrons. The van der Waals surface area contributed by atoms with E-state index >= 15 is 0 Å². The van der Waals surface area contributed by atoms with Crippen LogP contribution in [0.2, 0.25) is 0 Å². The van der Waals surface area contributed by atoms with E-state index in [0.717, 1.165) is 0 Å². The number of nitrogens with two attached hydrogens (primary N) is 1. The van der Waals surface area contributed by atoms with Crippen molar-refractivity contribution in [1.29, 1.82) is 5.41 Å². The molecule has 0 bridgehead atoms. The maximum Gasteiger partial charge on any atom is 0.394 e. The minimum Gasteiger partial charge on any atom is -0.382 e. The molecule has 0 saturated carbocycles. The van der Waals surface area contributed by atoms with Crippen molar-refractivity contribution in [3.8, 4) is 0 Å². The minimum atomic E-state index is -4.33. The van der Waals surface area contributed by atoms with Crippen LogP contribution in [0.4, 0.5) is 13.2 Å². The van der Waals surface area contributed by atoms with Crippen molar-refractivity contribution in [1.82, 2.24) is 4.90 Å². The van der Waals surface area contributed by atoms with E-state index in [2.05, 4.69) is 16.7 Å². The van der Waals surface area contributed by atoms with Gasteiger partial charge in [0, 0.05) is 12.4 Å². The van der Waals surface area contributed by atoms with Crippen molar-refractivity contribution in [2.45, 2.75) is 26.4 Å². The van der Waals surface area contributed by atoms with E-state index in [9.17, 15) is 13.2 Å². The largest absolute Gasteiger partial charge is 0.394 e. The van der Waals surface area contributed by atoms with Crippen LogP contribution in [0.15, 0.2) is 33.8 Å². The summed E-state index contributed by atoms with van der Waals surface area (Å²) in [6, 6.07) is 0. The molecule has 1 heterocycles. The highest BCUT2D eigenvalue weighted by molar-refractivity contribution is 5.94. The molecular formula is C12H18F3N5. The van der Waals surface area contributed by atoms with Crippen molar-refractivity contribution in [3.05, 3.63) is 23.8 Å². The van der Waals surface area contributed by atoms with E-state index in [1.807, 2.05) is 13.8 Å². The number of amidine groups is 1. The Bertz CT molecular complexity index is 435. The van der Waals surface area contributed by atoms with Crippen molar-refractivity contribution >= 4 is 18.8 Å². The Hall–Kier alpha value is -2.12. The number of hydrogen-bond donors (Lipinski definition) is 2. The lowest BCUT2D eigenvalue weighted by Gasteiger charge is -2.24. The Kier molecular flexibility index (Phi) is 7.27. The lowest BCUT2D eigenvalue weighted by molar-refractivity contribution is -0.127. The molecule has 0 radical (unpaired) electrons. The van der Waals surface area contributed by atoms with Crippen molar-refractivity contribution in [3.63, 3.8) is 0 Å². The first-order chi connectivity index (χ1) is 9.33. The molecule has 0 spiro atoms. The van der Waals surface area contributed by atoms with Gasteiger partial charge in [0.1, 0.15) is 11.5 Å². The number of rotatable bonds is 4. The number of allylic oxidation sites excluding steroid dienone is 1. The zero-order valence-corrected chi connectivity index (χ0v) is 11.4. The fourth-order valence-electron chi connectivity index (χ4n) is 1.36. The Morgan fingerprint density at radius 3 is 2.65 bits per heavy atom. The predicted octanol–water partition coefficient (Wildman–Crippen LogP) is 2.67. The third kappa shape index (κ3) is 6.17. The summed E-state index contributed by atoms with van der Waals surface area (Å²) >= 11 is 0. The van der Waals surface area contributed by atoms with Crippen LogP contribution >= 0.6 is 0 Å². The van der Waals surface area contributed by atoms with Gasteiger partial charge in [0.05, 0.1) is 24.9 Å². The smallest absolute Gasteiger partial charge is 0.382 e. The highest BCUT2D eigenvalue weighted by atomic mass is 19.4. The molecule has 0 aliphatic carbocycles. The van der Waals surface area contributed by atoms with E-state index in [1.54, 1.807) is 0 Å². The van der Waals surface area contributed by atoms with Gasteiger partial charge in [0.25, 0.3) is 0 Å². The molecule has 0 atom stereocenters. The van der Waals surface area contributed by atoms with Crippen LogP contribution in [-0.2, 0) is 0 Å². The van der Waals surface area contributed by atoms with Crippen LogP contribution in [0.5, 0.6) is 0 Å². The number of alkyl halides is 3. The van der Waals surface area contributed by atoms with Gasteiger partial charge in [-0.05, 0) is 6.72 Å². The molecule has 5 nitrogen and oxygen atoms in total. The van der Waals surface area contributed by atoms with Gasteiger partial charge in [-0.1, -0.05) is 13.8 Å². The molecular weight excluding hydrogens is 271 g/mol. The zero-order chi connectivity index (χ0) is 15.8. The number of nitrogens with one attached hydrogen (secondary N) is 1. The van der Waals surface area contributed by atoms with Crippen LogP contribution in [-0.4, -0.2) is 36.4 Å². The summed E-state index contributed by atoms with van der Waals surface area (Å²) in [7, 11) is 0. The van der Waals surface area contributed by atoms with E-state index < -0.39 is 12.6 Å². The molecule has 0 amide bonds.